The Morgan fingerprint density at radius 2 is 2.05 bits per heavy atom. The van der Waals surface area contributed by atoms with Gasteiger partial charge in [0, 0.05) is 17.7 Å². The van der Waals surface area contributed by atoms with E-state index in [2.05, 4.69) is 26.5 Å². The van der Waals surface area contributed by atoms with E-state index in [0.29, 0.717) is 11.3 Å². The maximum atomic E-state index is 12.9. The Balaban J connectivity index is 2.46. The summed E-state index contributed by atoms with van der Waals surface area (Å²) in [5, 5.41) is 4.15. The van der Waals surface area contributed by atoms with Crippen LogP contribution in [-0.4, -0.2) is 9.78 Å². The van der Waals surface area contributed by atoms with E-state index in [9.17, 15) is 13.2 Å². The number of halogens is 4. The zero-order chi connectivity index (χ0) is 14.9. The summed E-state index contributed by atoms with van der Waals surface area (Å²) < 4.78 is 40.3. The molecule has 0 amide bonds. The molecule has 0 aliphatic rings. The predicted molar refractivity (Wildman–Crippen MR) is 71.5 cm³/mol. The number of rotatable bonds is 3. The summed E-state index contributed by atoms with van der Waals surface area (Å²) in [7, 11) is 1.72. The van der Waals surface area contributed by atoms with Gasteiger partial charge in [-0.3, -0.25) is 10.5 Å². The van der Waals surface area contributed by atoms with E-state index in [1.807, 2.05) is 0 Å². The summed E-state index contributed by atoms with van der Waals surface area (Å²) in [6, 6.07) is 5.07. The van der Waals surface area contributed by atoms with Gasteiger partial charge in [-0.15, -0.1) is 0 Å². The molecule has 0 saturated heterocycles. The molecule has 1 unspecified atom stereocenters. The van der Waals surface area contributed by atoms with E-state index >= 15 is 0 Å². The number of aromatic nitrogens is 2. The van der Waals surface area contributed by atoms with Crippen LogP contribution in [0.5, 0.6) is 0 Å². The summed E-state index contributed by atoms with van der Waals surface area (Å²) in [5.41, 5.74) is 2.68. The number of nitrogens with one attached hydrogen (secondary N) is 1. The summed E-state index contributed by atoms with van der Waals surface area (Å²) in [5.74, 6) is 5.45. The van der Waals surface area contributed by atoms with Gasteiger partial charge in [-0.2, -0.15) is 18.3 Å². The first-order valence-corrected chi connectivity index (χ1v) is 6.44. The van der Waals surface area contributed by atoms with E-state index in [1.54, 1.807) is 30.1 Å². The highest BCUT2D eigenvalue weighted by molar-refractivity contribution is 9.10. The Hall–Kier alpha value is -1.38. The fourth-order valence-electron chi connectivity index (χ4n) is 1.88. The minimum Gasteiger partial charge on any atom is -0.275 e. The average molecular weight is 349 g/mol. The maximum absolute atomic E-state index is 12.9. The number of nitrogens with zero attached hydrogens (tertiary/aromatic N) is 2. The Morgan fingerprint density at radius 1 is 1.35 bits per heavy atom. The first-order chi connectivity index (χ1) is 9.32. The van der Waals surface area contributed by atoms with Crippen molar-refractivity contribution in [2.24, 2.45) is 12.9 Å². The third-order valence-corrected chi connectivity index (χ3v) is 3.52. The molecule has 0 fully saturated rings. The van der Waals surface area contributed by atoms with Crippen molar-refractivity contribution < 1.29 is 13.2 Å². The lowest BCUT2D eigenvalue weighted by molar-refractivity contribution is -0.138. The molecule has 0 spiro atoms. The highest BCUT2D eigenvalue weighted by Gasteiger charge is 2.33. The van der Waals surface area contributed by atoms with Crippen LogP contribution in [0, 0.1) is 0 Å². The molecule has 1 aromatic heterocycles. The molecule has 20 heavy (non-hydrogen) atoms. The van der Waals surface area contributed by atoms with Gasteiger partial charge in [-0.05, 0) is 23.8 Å². The van der Waals surface area contributed by atoms with Crippen molar-refractivity contribution in [3.05, 3.63) is 51.8 Å². The van der Waals surface area contributed by atoms with Crippen LogP contribution in [0.15, 0.2) is 34.9 Å². The highest BCUT2D eigenvalue weighted by Crippen LogP contribution is 2.36. The standard InChI is InChI=1S/C12H12BrF3N4/c1-20-5-4-10(19-20)11(18-17)7-2-3-9(13)8(6-7)12(14,15)16/h2-6,11,18H,17H2,1H3. The highest BCUT2D eigenvalue weighted by atomic mass is 79.9. The van der Waals surface area contributed by atoms with Gasteiger partial charge >= 0.3 is 6.18 Å². The Labute approximate surface area is 121 Å². The van der Waals surface area contributed by atoms with Crippen LogP contribution in [0.2, 0.25) is 0 Å². The average Bonchev–Trinajstić information content (AvgIpc) is 2.77. The molecule has 3 N–H and O–H groups in total. The first-order valence-electron chi connectivity index (χ1n) is 5.65. The molecule has 1 aromatic carbocycles. The molecular weight excluding hydrogens is 337 g/mol. The predicted octanol–water partition coefficient (Wildman–Crippen LogP) is 2.75. The summed E-state index contributed by atoms with van der Waals surface area (Å²) in [4.78, 5) is 0. The minimum atomic E-state index is -4.43. The number of hydrogen-bond acceptors (Lipinski definition) is 3. The summed E-state index contributed by atoms with van der Waals surface area (Å²) in [6.45, 7) is 0. The van der Waals surface area contributed by atoms with Gasteiger partial charge in [0.1, 0.15) is 0 Å². The lowest BCUT2D eigenvalue weighted by Crippen LogP contribution is -2.29. The molecule has 0 radical (unpaired) electrons. The van der Waals surface area contributed by atoms with E-state index in [-0.39, 0.29) is 4.47 Å². The fourth-order valence-corrected chi connectivity index (χ4v) is 2.35. The van der Waals surface area contributed by atoms with E-state index < -0.39 is 17.8 Å². The van der Waals surface area contributed by atoms with Crippen LogP contribution in [0.1, 0.15) is 22.9 Å². The molecule has 0 aliphatic heterocycles. The second-order valence-corrected chi connectivity index (χ2v) is 5.11. The molecule has 1 heterocycles. The zero-order valence-corrected chi connectivity index (χ0v) is 12.0. The number of benzene rings is 1. The molecule has 4 nitrogen and oxygen atoms in total. The van der Waals surface area contributed by atoms with Gasteiger partial charge in [0.05, 0.1) is 17.3 Å². The van der Waals surface area contributed by atoms with Gasteiger partial charge in [-0.1, -0.05) is 22.0 Å². The number of nitrogens with two attached hydrogens (primary N) is 1. The Morgan fingerprint density at radius 3 is 2.55 bits per heavy atom. The largest absolute Gasteiger partial charge is 0.417 e. The molecule has 2 rings (SSSR count). The van der Waals surface area contributed by atoms with E-state index in [4.69, 9.17) is 5.84 Å². The van der Waals surface area contributed by atoms with Crippen molar-refractivity contribution in [3.8, 4) is 0 Å². The van der Waals surface area contributed by atoms with Gasteiger partial charge in [0.15, 0.2) is 0 Å². The molecule has 0 bridgehead atoms. The maximum Gasteiger partial charge on any atom is 0.417 e. The van der Waals surface area contributed by atoms with Crippen molar-refractivity contribution in [2.45, 2.75) is 12.2 Å². The number of alkyl halides is 3. The van der Waals surface area contributed by atoms with Crippen molar-refractivity contribution >= 4 is 15.9 Å². The molecule has 108 valence electrons. The van der Waals surface area contributed by atoms with Gasteiger partial charge in [-0.25, -0.2) is 5.43 Å². The molecular formula is C12H12BrF3N4. The van der Waals surface area contributed by atoms with Crippen LogP contribution in [-0.2, 0) is 13.2 Å². The number of hydrazine groups is 1. The van der Waals surface area contributed by atoms with Crippen molar-refractivity contribution in [2.75, 3.05) is 0 Å². The van der Waals surface area contributed by atoms with Crippen LogP contribution >= 0.6 is 15.9 Å². The second-order valence-electron chi connectivity index (χ2n) is 4.25. The lowest BCUT2D eigenvalue weighted by atomic mass is 10.0. The van der Waals surface area contributed by atoms with Gasteiger partial charge in [0.25, 0.3) is 0 Å². The monoisotopic (exact) mass is 348 g/mol. The van der Waals surface area contributed by atoms with Crippen molar-refractivity contribution in [3.63, 3.8) is 0 Å². The smallest absolute Gasteiger partial charge is 0.275 e. The third-order valence-electron chi connectivity index (χ3n) is 2.83. The van der Waals surface area contributed by atoms with Crippen LogP contribution in [0.4, 0.5) is 13.2 Å². The first kappa shape index (κ1) is 15.0. The zero-order valence-electron chi connectivity index (χ0n) is 10.4. The van der Waals surface area contributed by atoms with Crippen molar-refractivity contribution in [1.82, 2.24) is 15.2 Å². The quantitative estimate of drug-likeness (QED) is 0.662. The molecule has 2 aromatic rings. The number of hydrogen-bond donors (Lipinski definition) is 2. The van der Waals surface area contributed by atoms with Crippen molar-refractivity contribution in [1.29, 1.82) is 0 Å². The minimum absolute atomic E-state index is 0.00876. The molecule has 0 saturated carbocycles. The normalized spacial score (nSPS) is 13.5. The Bertz CT molecular complexity index is 609. The fraction of sp³-hybridized carbons (Fsp3) is 0.250. The van der Waals surface area contributed by atoms with E-state index in [0.717, 1.165) is 6.07 Å². The Kier molecular flexibility index (Phi) is 4.17. The summed E-state index contributed by atoms with van der Waals surface area (Å²) in [6.07, 6.45) is -2.73. The lowest BCUT2D eigenvalue weighted by Gasteiger charge is -2.17. The number of aryl methyl sites for hydroxylation is 1. The SMILES string of the molecule is Cn1ccc(C(NN)c2ccc(Br)c(C(F)(F)F)c2)n1. The van der Waals surface area contributed by atoms with Crippen LogP contribution in [0.3, 0.4) is 0 Å². The molecule has 0 aliphatic carbocycles. The van der Waals surface area contributed by atoms with Crippen LogP contribution in [0.25, 0.3) is 0 Å². The second kappa shape index (κ2) is 5.55. The van der Waals surface area contributed by atoms with E-state index in [1.165, 1.54) is 6.07 Å². The topological polar surface area (TPSA) is 55.9 Å². The summed E-state index contributed by atoms with van der Waals surface area (Å²) >= 11 is 2.91. The third kappa shape index (κ3) is 3.02. The van der Waals surface area contributed by atoms with Gasteiger partial charge < -0.3 is 0 Å². The van der Waals surface area contributed by atoms with Gasteiger partial charge in [0.2, 0.25) is 0 Å². The molecule has 1 atom stereocenters. The van der Waals surface area contributed by atoms with Crippen LogP contribution < -0.4 is 11.3 Å². The molecule has 8 heteroatoms.